The molecule has 10 nitrogen and oxygen atoms in total. The molecule has 2 aliphatic heterocycles. The molecule has 0 aromatic heterocycles. The van der Waals surface area contributed by atoms with E-state index in [-0.39, 0.29) is 11.3 Å². The van der Waals surface area contributed by atoms with E-state index in [9.17, 15) is 24.5 Å². The molecule has 0 saturated carbocycles. The number of non-ortho nitro benzene ring substituents is 1. The standard InChI is InChI=1S/C20H17N3O7/c1-20(13-3-5-14(6-4-13)23(27)28)18(25)22(19(26)21-20)11-15(24)12-2-7-16-17(10-12)30-9-8-29-16/h2-7,10H,8-9,11H2,1H3,(H,21,26)/t20-/m1/s1. The van der Waals surface area contributed by atoms with Crippen LogP contribution in [0.3, 0.4) is 0 Å². The number of hydrogen-bond acceptors (Lipinski definition) is 7. The Balaban J connectivity index is 1.54. The van der Waals surface area contributed by atoms with Gasteiger partial charge >= 0.3 is 6.03 Å². The molecule has 2 aromatic carbocycles. The second kappa shape index (κ2) is 7.14. The van der Waals surface area contributed by atoms with Gasteiger partial charge < -0.3 is 14.8 Å². The molecule has 0 spiro atoms. The highest BCUT2D eigenvalue weighted by Crippen LogP contribution is 2.32. The predicted octanol–water partition coefficient (Wildman–Crippen LogP) is 2.02. The molecule has 2 aromatic rings. The van der Waals surface area contributed by atoms with Gasteiger partial charge in [0, 0.05) is 17.7 Å². The van der Waals surface area contributed by atoms with Gasteiger partial charge in [0.05, 0.1) is 11.5 Å². The number of hydrogen-bond donors (Lipinski definition) is 1. The largest absolute Gasteiger partial charge is 0.486 e. The minimum absolute atomic E-state index is 0.134. The Bertz CT molecular complexity index is 1070. The van der Waals surface area contributed by atoms with Crippen LogP contribution in [0.4, 0.5) is 10.5 Å². The number of imide groups is 1. The van der Waals surface area contributed by atoms with Crippen molar-refractivity contribution in [2.45, 2.75) is 12.5 Å². The summed E-state index contributed by atoms with van der Waals surface area (Å²) >= 11 is 0. The number of fused-ring (bicyclic) bond motifs is 1. The van der Waals surface area contributed by atoms with Crippen LogP contribution in [0.1, 0.15) is 22.8 Å². The number of amides is 3. The lowest BCUT2D eigenvalue weighted by atomic mass is 9.92. The van der Waals surface area contributed by atoms with Gasteiger partial charge in [0.15, 0.2) is 17.3 Å². The van der Waals surface area contributed by atoms with Gasteiger partial charge in [-0.1, -0.05) is 0 Å². The summed E-state index contributed by atoms with van der Waals surface area (Å²) in [6.45, 7) is 1.82. The Morgan fingerprint density at radius 3 is 2.47 bits per heavy atom. The average molecular weight is 411 g/mol. The molecule has 0 aliphatic carbocycles. The van der Waals surface area contributed by atoms with Crippen molar-refractivity contribution in [3.8, 4) is 11.5 Å². The SMILES string of the molecule is C[C@]1(c2ccc([N+](=O)[O-])cc2)NC(=O)N(CC(=O)c2ccc3c(c2)OCCO3)C1=O. The van der Waals surface area contributed by atoms with E-state index in [4.69, 9.17) is 9.47 Å². The molecule has 10 heteroatoms. The molecule has 1 atom stereocenters. The Kier molecular flexibility index (Phi) is 4.61. The number of nitrogens with one attached hydrogen (secondary N) is 1. The van der Waals surface area contributed by atoms with Gasteiger partial charge in [0.25, 0.3) is 11.6 Å². The van der Waals surface area contributed by atoms with Gasteiger partial charge in [-0.15, -0.1) is 0 Å². The van der Waals surface area contributed by atoms with Crippen molar-refractivity contribution >= 4 is 23.4 Å². The van der Waals surface area contributed by atoms with Gasteiger partial charge in [-0.25, -0.2) is 4.79 Å². The summed E-state index contributed by atoms with van der Waals surface area (Å²) in [5.41, 5.74) is -0.909. The van der Waals surface area contributed by atoms with E-state index in [2.05, 4.69) is 5.32 Å². The zero-order valence-corrected chi connectivity index (χ0v) is 15.9. The van der Waals surface area contributed by atoms with E-state index in [0.717, 1.165) is 4.90 Å². The number of rotatable bonds is 5. The molecule has 0 radical (unpaired) electrons. The minimum atomic E-state index is -1.43. The molecule has 0 bridgehead atoms. The quantitative estimate of drug-likeness (QED) is 0.345. The lowest BCUT2D eigenvalue weighted by Crippen LogP contribution is -2.41. The predicted molar refractivity (Wildman–Crippen MR) is 102 cm³/mol. The highest BCUT2D eigenvalue weighted by atomic mass is 16.6. The minimum Gasteiger partial charge on any atom is -0.486 e. The van der Waals surface area contributed by atoms with Crippen LogP contribution in [0.25, 0.3) is 0 Å². The Labute approximate surface area is 170 Å². The zero-order valence-electron chi connectivity index (χ0n) is 15.9. The summed E-state index contributed by atoms with van der Waals surface area (Å²) in [7, 11) is 0. The van der Waals surface area contributed by atoms with Crippen LogP contribution >= 0.6 is 0 Å². The molecular formula is C20H17N3O7. The lowest BCUT2D eigenvalue weighted by molar-refractivity contribution is -0.384. The maximum Gasteiger partial charge on any atom is 0.325 e. The third-order valence-electron chi connectivity index (χ3n) is 5.10. The molecule has 2 aliphatic rings. The van der Waals surface area contributed by atoms with Crippen LogP contribution in [0, 0.1) is 10.1 Å². The fourth-order valence-electron chi connectivity index (χ4n) is 3.40. The van der Waals surface area contributed by atoms with Crippen LogP contribution < -0.4 is 14.8 Å². The number of benzene rings is 2. The van der Waals surface area contributed by atoms with Gasteiger partial charge in [0.2, 0.25) is 0 Å². The number of nitro benzene ring substituents is 1. The van der Waals surface area contributed by atoms with Crippen molar-refractivity contribution in [1.29, 1.82) is 0 Å². The van der Waals surface area contributed by atoms with Gasteiger partial charge in [0.1, 0.15) is 18.8 Å². The maximum absolute atomic E-state index is 13.0. The van der Waals surface area contributed by atoms with Gasteiger partial charge in [-0.3, -0.25) is 24.6 Å². The van der Waals surface area contributed by atoms with E-state index in [1.54, 1.807) is 12.1 Å². The second-order valence-electron chi connectivity index (χ2n) is 7.03. The number of Topliss-reactive ketones (excluding diaryl/α,β-unsaturated/α-hetero) is 1. The van der Waals surface area contributed by atoms with Crippen molar-refractivity contribution in [2.24, 2.45) is 0 Å². The summed E-state index contributed by atoms with van der Waals surface area (Å²) in [6.07, 6.45) is 0. The topological polar surface area (TPSA) is 128 Å². The molecule has 1 saturated heterocycles. The number of carbonyl (C=O) groups excluding carboxylic acids is 3. The van der Waals surface area contributed by atoms with Gasteiger partial charge in [-0.05, 0) is 42.8 Å². The van der Waals surface area contributed by atoms with Crippen LogP contribution in [0.15, 0.2) is 42.5 Å². The van der Waals surface area contributed by atoms with Crippen LogP contribution in [-0.2, 0) is 10.3 Å². The van der Waals surface area contributed by atoms with Crippen molar-refractivity contribution < 1.29 is 28.8 Å². The molecule has 0 unspecified atom stereocenters. The van der Waals surface area contributed by atoms with Crippen molar-refractivity contribution in [2.75, 3.05) is 19.8 Å². The van der Waals surface area contributed by atoms with E-state index in [0.29, 0.717) is 30.3 Å². The fourth-order valence-corrected chi connectivity index (χ4v) is 3.40. The molecule has 3 amide bonds. The number of ether oxygens (including phenoxy) is 2. The lowest BCUT2D eigenvalue weighted by Gasteiger charge is -2.22. The van der Waals surface area contributed by atoms with Crippen LogP contribution in [-0.4, -0.2) is 47.3 Å². The van der Waals surface area contributed by atoms with Crippen molar-refractivity contribution in [3.05, 3.63) is 63.7 Å². The summed E-state index contributed by atoms with van der Waals surface area (Å²) in [5, 5.41) is 13.4. The van der Waals surface area contributed by atoms with Crippen molar-refractivity contribution in [3.63, 3.8) is 0 Å². The Hall–Kier alpha value is -3.95. The number of carbonyl (C=O) groups is 3. The Morgan fingerprint density at radius 2 is 1.80 bits per heavy atom. The molecular weight excluding hydrogens is 394 g/mol. The molecule has 154 valence electrons. The first-order chi connectivity index (χ1) is 14.3. The number of nitrogens with zero attached hydrogens (tertiary/aromatic N) is 2. The van der Waals surface area contributed by atoms with Gasteiger partial charge in [-0.2, -0.15) is 0 Å². The summed E-state index contributed by atoms with van der Waals surface area (Å²) in [6, 6.07) is 9.27. The smallest absolute Gasteiger partial charge is 0.325 e. The molecule has 30 heavy (non-hydrogen) atoms. The van der Waals surface area contributed by atoms with Crippen molar-refractivity contribution in [1.82, 2.24) is 10.2 Å². The highest BCUT2D eigenvalue weighted by molar-refractivity contribution is 6.11. The molecule has 2 heterocycles. The number of nitro groups is 1. The third kappa shape index (κ3) is 3.21. The van der Waals surface area contributed by atoms with Crippen LogP contribution in [0.2, 0.25) is 0 Å². The normalized spacial score (nSPS) is 20.1. The van der Waals surface area contributed by atoms with E-state index in [1.807, 2.05) is 0 Å². The summed E-state index contributed by atoms with van der Waals surface area (Å²) in [4.78, 5) is 49.2. The highest BCUT2D eigenvalue weighted by Gasteiger charge is 2.49. The van der Waals surface area contributed by atoms with E-state index < -0.39 is 34.7 Å². The number of urea groups is 1. The van der Waals surface area contributed by atoms with Crippen LogP contribution in [0.5, 0.6) is 11.5 Å². The fraction of sp³-hybridized carbons (Fsp3) is 0.250. The average Bonchev–Trinajstić information content (AvgIpc) is 2.97. The molecule has 1 fully saturated rings. The second-order valence-corrected chi connectivity index (χ2v) is 7.03. The first-order valence-corrected chi connectivity index (χ1v) is 9.11. The number of ketones is 1. The third-order valence-corrected chi connectivity index (χ3v) is 5.10. The first-order valence-electron chi connectivity index (χ1n) is 9.11. The zero-order chi connectivity index (χ0) is 21.5. The van der Waals surface area contributed by atoms with E-state index >= 15 is 0 Å². The summed E-state index contributed by atoms with van der Waals surface area (Å²) < 4.78 is 10.9. The first kappa shape index (κ1) is 19.4. The monoisotopic (exact) mass is 411 g/mol. The molecule has 1 N–H and O–H groups in total. The maximum atomic E-state index is 13.0. The molecule has 4 rings (SSSR count). The van der Waals surface area contributed by atoms with E-state index in [1.165, 1.54) is 37.3 Å². The Morgan fingerprint density at radius 1 is 1.13 bits per heavy atom. The summed E-state index contributed by atoms with van der Waals surface area (Å²) in [5.74, 6) is -0.103.